The monoisotopic (exact) mass is 378 g/mol. The van der Waals surface area contributed by atoms with Crippen LogP contribution < -0.4 is 0 Å². The van der Waals surface area contributed by atoms with Crippen molar-refractivity contribution in [3.63, 3.8) is 0 Å². The Bertz CT molecular complexity index is 1100. The number of Topliss-reactive ketones (excluding diaryl/α,β-unsaturated/α-hetero) is 1. The SMILES string of the molecule is O=C1c2cc(C3Cc4ccccc4C3)ccc2CC1c1ccc2c(c1)CCCC2. The summed E-state index contributed by atoms with van der Waals surface area (Å²) in [4.78, 5) is 13.4. The molecule has 0 spiro atoms. The Hall–Kier alpha value is -2.67. The molecule has 29 heavy (non-hydrogen) atoms. The lowest BCUT2D eigenvalue weighted by Crippen LogP contribution is -2.10. The van der Waals surface area contributed by atoms with Crippen LogP contribution in [0.5, 0.6) is 0 Å². The van der Waals surface area contributed by atoms with Crippen molar-refractivity contribution in [1.82, 2.24) is 0 Å². The Labute approximate surface area is 172 Å². The van der Waals surface area contributed by atoms with Crippen molar-refractivity contribution in [2.45, 2.75) is 56.8 Å². The molecule has 6 rings (SSSR count). The van der Waals surface area contributed by atoms with E-state index in [2.05, 4.69) is 60.7 Å². The summed E-state index contributed by atoms with van der Waals surface area (Å²) in [5.74, 6) is 0.842. The van der Waals surface area contributed by atoms with Gasteiger partial charge < -0.3 is 0 Å². The topological polar surface area (TPSA) is 17.1 Å². The van der Waals surface area contributed by atoms with Crippen LogP contribution in [0.3, 0.4) is 0 Å². The van der Waals surface area contributed by atoms with E-state index in [9.17, 15) is 4.79 Å². The maximum absolute atomic E-state index is 13.4. The molecule has 1 unspecified atom stereocenters. The minimum atomic E-state index is 0.00764. The fourth-order valence-corrected chi connectivity index (χ4v) is 5.79. The van der Waals surface area contributed by atoms with Crippen molar-refractivity contribution in [2.75, 3.05) is 0 Å². The highest BCUT2D eigenvalue weighted by molar-refractivity contribution is 6.05. The van der Waals surface area contributed by atoms with Crippen molar-refractivity contribution < 1.29 is 4.79 Å². The molecule has 3 aliphatic rings. The molecule has 1 nitrogen and oxygen atoms in total. The first kappa shape index (κ1) is 17.2. The molecule has 0 radical (unpaired) electrons. The summed E-state index contributed by atoms with van der Waals surface area (Å²) in [5.41, 5.74) is 10.7. The van der Waals surface area contributed by atoms with Crippen molar-refractivity contribution >= 4 is 5.78 Å². The average molecular weight is 379 g/mol. The van der Waals surface area contributed by atoms with Gasteiger partial charge in [-0.3, -0.25) is 4.79 Å². The molecule has 0 heterocycles. The summed E-state index contributed by atoms with van der Waals surface area (Å²) in [7, 11) is 0. The Balaban J connectivity index is 1.28. The lowest BCUT2D eigenvalue weighted by Gasteiger charge is -2.18. The Morgan fingerprint density at radius 2 is 1.31 bits per heavy atom. The second-order valence-corrected chi connectivity index (χ2v) is 9.15. The van der Waals surface area contributed by atoms with Crippen LogP contribution in [-0.4, -0.2) is 5.78 Å². The number of benzene rings is 3. The van der Waals surface area contributed by atoms with Gasteiger partial charge in [-0.15, -0.1) is 0 Å². The maximum atomic E-state index is 13.4. The molecule has 0 aliphatic heterocycles. The van der Waals surface area contributed by atoms with E-state index in [0.717, 1.165) is 24.8 Å². The van der Waals surface area contributed by atoms with E-state index in [1.807, 2.05) is 0 Å². The molecule has 3 aromatic carbocycles. The second-order valence-electron chi connectivity index (χ2n) is 9.15. The van der Waals surface area contributed by atoms with Crippen LogP contribution in [0.2, 0.25) is 0 Å². The zero-order valence-corrected chi connectivity index (χ0v) is 16.8. The van der Waals surface area contributed by atoms with Gasteiger partial charge in [0, 0.05) is 5.56 Å². The standard InChI is InChI=1S/C28H26O/c29-28-26-16-22(25-14-20-7-3-4-8-21(20)15-25)10-12-24(26)17-27(28)23-11-9-18-5-1-2-6-19(18)13-23/h3-4,7-13,16,25,27H,1-2,5-6,14-15,17H2. The predicted molar refractivity (Wildman–Crippen MR) is 117 cm³/mol. The lowest BCUT2D eigenvalue weighted by molar-refractivity contribution is 0.0972. The Morgan fingerprint density at radius 1 is 0.621 bits per heavy atom. The van der Waals surface area contributed by atoms with E-state index in [1.165, 1.54) is 64.6 Å². The summed E-state index contributed by atoms with van der Waals surface area (Å²) < 4.78 is 0. The fraction of sp³-hybridized carbons (Fsp3) is 0.321. The molecule has 0 saturated carbocycles. The molecule has 144 valence electrons. The van der Waals surface area contributed by atoms with E-state index >= 15 is 0 Å². The average Bonchev–Trinajstić information content (AvgIpc) is 3.34. The molecule has 3 aromatic rings. The summed E-state index contributed by atoms with van der Waals surface area (Å²) in [6.45, 7) is 0. The molecule has 1 heteroatoms. The molecular weight excluding hydrogens is 352 g/mol. The minimum Gasteiger partial charge on any atom is -0.293 e. The van der Waals surface area contributed by atoms with Gasteiger partial charge in [-0.25, -0.2) is 0 Å². The normalized spacial score (nSPS) is 20.4. The van der Waals surface area contributed by atoms with Gasteiger partial charge in [-0.2, -0.15) is 0 Å². The smallest absolute Gasteiger partial charge is 0.170 e. The van der Waals surface area contributed by atoms with Crippen molar-refractivity contribution in [3.8, 4) is 0 Å². The van der Waals surface area contributed by atoms with E-state index < -0.39 is 0 Å². The van der Waals surface area contributed by atoms with Crippen LogP contribution in [0.1, 0.15) is 74.0 Å². The number of ketones is 1. The van der Waals surface area contributed by atoms with Gasteiger partial charge in [-0.05, 0) is 95.9 Å². The van der Waals surface area contributed by atoms with Crippen molar-refractivity contribution in [3.05, 3.63) is 105 Å². The van der Waals surface area contributed by atoms with Crippen LogP contribution in [0.25, 0.3) is 0 Å². The molecule has 0 N–H and O–H groups in total. The number of rotatable bonds is 2. The minimum absolute atomic E-state index is 0.00764. The van der Waals surface area contributed by atoms with Gasteiger partial charge in [0.15, 0.2) is 5.78 Å². The lowest BCUT2D eigenvalue weighted by atomic mass is 9.86. The van der Waals surface area contributed by atoms with E-state index in [-0.39, 0.29) is 5.92 Å². The molecular formula is C28H26O. The molecule has 0 aromatic heterocycles. The third-order valence-corrected chi connectivity index (χ3v) is 7.44. The van der Waals surface area contributed by atoms with Crippen LogP contribution in [0, 0.1) is 0 Å². The van der Waals surface area contributed by atoms with Crippen LogP contribution in [0.4, 0.5) is 0 Å². The summed E-state index contributed by atoms with van der Waals surface area (Å²) in [5, 5.41) is 0. The number of aryl methyl sites for hydroxylation is 2. The highest BCUT2D eigenvalue weighted by atomic mass is 16.1. The largest absolute Gasteiger partial charge is 0.293 e. The maximum Gasteiger partial charge on any atom is 0.170 e. The third-order valence-electron chi connectivity index (χ3n) is 7.44. The van der Waals surface area contributed by atoms with Crippen molar-refractivity contribution in [2.24, 2.45) is 0 Å². The van der Waals surface area contributed by atoms with Gasteiger partial charge in [0.25, 0.3) is 0 Å². The van der Waals surface area contributed by atoms with E-state index in [4.69, 9.17) is 0 Å². The Kier molecular flexibility index (Phi) is 3.97. The first-order valence-electron chi connectivity index (χ1n) is 11.1. The predicted octanol–water partition coefficient (Wildman–Crippen LogP) is 5.97. The van der Waals surface area contributed by atoms with Crippen LogP contribution >= 0.6 is 0 Å². The zero-order valence-electron chi connectivity index (χ0n) is 16.8. The molecule has 0 bridgehead atoms. The number of hydrogen-bond donors (Lipinski definition) is 0. The molecule has 0 fully saturated rings. The molecule has 1 atom stereocenters. The summed E-state index contributed by atoms with van der Waals surface area (Å²) in [6.07, 6.45) is 7.99. The number of carbonyl (C=O) groups is 1. The van der Waals surface area contributed by atoms with Gasteiger partial charge in [-0.1, -0.05) is 54.6 Å². The van der Waals surface area contributed by atoms with Crippen LogP contribution in [0.15, 0.2) is 60.7 Å². The third kappa shape index (κ3) is 2.87. The van der Waals surface area contributed by atoms with E-state index in [0.29, 0.717) is 11.7 Å². The highest BCUT2D eigenvalue weighted by Crippen LogP contribution is 2.39. The first-order chi connectivity index (χ1) is 14.3. The van der Waals surface area contributed by atoms with Gasteiger partial charge in [0.2, 0.25) is 0 Å². The number of hydrogen-bond acceptors (Lipinski definition) is 1. The van der Waals surface area contributed by atoms with Gasteiger partial charge >= 0.3 is 0 Å². The number of fused-ring (bicyclic) bond motifs is 3. The fourth-order valence-electron chi connectivity index (χ4n) is 5.79. The molecule has 0 amide bonds. The first-order valence-corrected chi connectivity index (χ1v) is 11.1. The number of carbonyl (C=O) groups excluding carboxylic acids is 1. The van der Waals surface area contributed by atoms with E-state index in [1.54, 1.807) is 0 Å². The zero-order chi connectivity index (χ0) is 19.4. The van der Waals surface area contributed by atoms with Crippen molar-refractivity contribution in [1.29, 1.82) is 0 Å². The van der Waals surface area contributed by atoms with Gasteiger partial charge in [0.1, 0.15) is 0 Å². The summed E-state index contributed by atoms with van der Waals surface area (Å²) in [6, 6.07) is 22.3. The summed E-state index contributed by atoms with van der Waals surface area (Å²) >= 11 is 0. The second kappa shape index (κ2) is 6.69. The quantitative estimate of drug-likeness (QED) is 0.537. The van der Waals surface area contributed by atoms with Gasteiger partial charge in [0.05, 0.1) is 5.92 Å². The molecule has 3 aliphatic carbocycles. The highest BCUT2D eigenvalue weighted by Gasteiger charge is 2.33. The van der Waals surface area contributed by atoms with Crippen LogP contribution in [-0.2, 0) is 32.1 Å². The Morgan fingerprint density at radius 3 is 2.10 bits per heavy atom. The molecule has 0 saturated heterocycles.